The summed E-state index contributed by atoms with van der Waals surface area (Å²) >= 11 is 0. The smallest absolute Gasteiger partial charge is 0.748 e. The molecule has 0 fully saturated rings. The molecule has 0 saturated heterocycles. The summed E-state index contributed by atoms with van der Waals surface area (Å²) in [5.41, 5.74) is -1.62. The summed E-state index contributed by atoms with van der Waals surface area (Å²) < 4.78 is 62.8. The monoisotopic (exact) mass is 464 g/mol. The third-order valence-electron chi connectivity index (χ3n) is 2.75. The fourth-order valence-electron chi connectivity index (χ4n) is 1.78. The van der Waals surface area contributed by atoms with Crippen LogP contribution < -0.4 is 10.6 Å². The Bertz CT molecular complexity index is 761. The predicted octanol–water partition coefficient (Wildman–Crippen LogP) is -0.376. The maximum atomic E-state index is 11.1. The second-order valence-corrected chi connectivity index (χ2v) is 10.4. The third-order valence-corrected chi connectivity index (χ3v) is 4.90. The number of carbonyl (C=O) groups excluding carboxylic acids is 2. The molecule has 0 spiro atoms. The summed E-state index contributed by atoms with van der Waals surface area (Å²) in [6.45, 7) is 15.6. The van der Waals surface area contributed by atoms with Crippen LogP contribution in [0.5, 0.6) is 0 Å². The molecule has 0 heterocycles. The molecular formula is C16H28MgN2O8S2. The fourth-order valence-corrected chi connectivity index (χ4v) is 3.70. The quantitative estimate of drug-likeness (QED) is 0.278. The summed E-state index contributed by atoms with van der Waals surface area (Å²) in [6, 6.07) is 0. The van der Waals surface area contributed by atoms with Gasteiger partial charge in [0.05, 0.1) is 31.7 Å². The first-order chi connectivity index (χ1) is 12.1. The van der Waals surface area contributed by atoms with Crippen molar-refractivity contribution in [1.29, 1.82) is 0 Å². The molecule has 0 saturated carbocycles. The van der Waals surface area contributed by atoms with Gasteiger partial charge in [0.25, 0.3) is 0 Å². The molecule has 0 aliphatic heterocycles. The molecule has 29 heavy (non-hydrogen) atoms. The molecule has 0 aliphatic carbocycles. The van der Waals surface area contributed by atoms with Gasteiger partial charge in [-0.05, 0) is 41.5 Å². The Balaban J connectivity index is -0.000000451. The predicted molar refractivity (Wildman–Crippen MR) is 109 cm³/mol. The summed E-state index contributed by atoms with van der Waals surface area (Å²) in [6.07, 6.45) is 0. The number of hydrogen-bond donors (Lipinski definition) is 2. The van der Waals surface area contributed by atoms with Crippen LogP contribution in [0.15, 0.2) is 24.3 Å². The zero-order valence-corrected chi connectivity index (χ0v) is 20.7. The molecular weight excluding hydrogens is 437 g/mol. The van der Waals surface area contributed by atoms with Crippen LogP contribution in [0.25, 0.3) is 0 Å². The van der Waals surface area contributed by atoms with E-state index in [2.05, 4.69) is 23.8 Å². The van der Waals surface area contributed by atoms with Gasteiger partial charge in [0, 0.05) is 22.2 Å². The number of carbonyl (C=O) groups is 2. The standard InChI is InChI=1S/2C8H15NO4S.Mg/c2*1-6(2)7(10)9-8(3,4)5-14(11,12)13;/h2*1,5H2,2-4H3,(H,9,10)(H,11,12,13);/q;;+2/p-2. The minimum Gasteiger partial charge on any atom is -0.748 e. The Labute approximate surface area is 189 Å². The van der Waals surface area contributed by atoms with Crippen LogP contribution in [0.3, 0.4) is 0 Å². The van der Waals surface area contributed by atoms with E-state index in [-0.39, 0.29) is 34.2 Å². The van der Waals surface area contributed by atoms with E-state index in [9.17, 15) is 35.5 Å². The van der Waals surface area contributed by atoms with Crippen LogP contribution in [-0.2, 0) is 29.8 Å². The van der Waals surface area contributed by atoms with Crippen molar-refractivity contribution in [2.45, 2.75) is 52.6 Å². The molecule has 164 valence electrons. The van der Waals surface area contributed by atoms with Crippen LogP contribution in [0.4, 0.5) is 0 Å². The molecule has 0 aromatic carbocycles. The summed E-state index contributed by atoms with van der Waals surface area (Å²) in [5, 5.41) is 4.79. The maximum absolute atomic E-state index is 11.1. The molecule has 0 aromatic rings. The minimum atomic E-state index is -4.35. The molecule has 0 bridgehead atoms. The van der Waals surface area contributed by atoms with Crippen LogP contribution >= 0.6 is 0 Å². The van der Waals surface area contributed by atoms with E-state index in [0.717, 1.165) is 0 Å². The van der Waals surface area contributed by atoms with E-state index in [1.807, 2.05) is 0 Å². The van der Waals surface area contributed by atoms with Gasteiger partial charge in [-0.25, -0.2) is 16.8 Å². The summed E-state index contributed by atoms with van der Waals surface area (Å²) in [7, 11) is -8.70. The van der Waals surface area contributed by atoms with E-state index in [1.165, 1.54) is 41.5 Å². The SMILES string of the molecule is C=C(C)C(=O)NC(C)(C)CS(=O)(=O)[O-].C=C(C)C(=O)NC(C)(C)CS(=O)(=O)[O-].[Mg+2]. The van der Waals surface area contributed by atoms with E-state index in [0.29, 0.717) is 0 Å². The van der Waals surface area contributed by atoms with Crippen molar-refractivity contribution in [3.05, 3.63) is 24.3 Å². The normalized spacial score (nSPS) is 11.9. The van der Waals surface area contributed by atoms with Gasteiger partial charge in [0.1, 0.15) is 0 Å². The van der Waals surface area contributed by atoms with Crippen molar-refractivity contribution >= 4 is 55.1 Å². The second kappa shape index (κ2) is 12.0. The molecule has 0 atom stereocenters. The first-order valence-electron chi connectivity index (χ1n) is 7.90. The van der Waals surface area contributed by atoms with Crippen LogP contribution in [0, 0.1) is 0 Å². The van der Waals surface area contributed by atoms with Gasteiger partial charge in [-0.3, -0.25) is 9.59 Å². The Hall–Kier alpha value is -0.994. The zero-order chi connectivity index (χ0) is 23.1. The van der Waals surface area contributed by atoms with E-state index < -0.39 is 54.6 Å². The fraction of sp³-hybridized carbons (Fsp3) is 0.625. The summed E-state index contributed by atoms with van der Waals surface area (Å²) in [4.78, 5) is 22.3. The molecule has 0 rings (SSSR count). The molecule has 10 nitrogen and oxygen atoms in total. The number of amides is 2. The molecule has 0 aliphatic rings. The molecule has 2 amide bonds. The first-order valence-corrected chi connectivity index (χ1v) is 11.1. The van der Waals surface area contributed by atoms with Crippen molar-refractivity contribution < 1.29 is 35.5 Å². The number of hydrogen-bond acceptors (Lipinski definition) is 8. The van der Waals surface area contributed by atoms with Gasteiger partial charge in [-0.1, -0.05) is 13.2 Å². The maximum Gasteiger partial charge on any atom is 2.00 e. The van der Waals surface area contributed by atoms with E-state index >= 15 is 0 Å². The Kier molecular flexibility index (Phi) is 13.5. The van der Waals surface area contributed by atoms with E-state index in [1.54, 1.807) is 0 Å². The van der Waals surface area contributed by atoms with Crippen molar-refractivity contribution in [1.82, 2.24) is 10.6 Å². The molecule has 0 unspecified atom stereocenters. The molecule has 13 heteroatoms. The van der Waals surface area contributed by atoms with Crippen LogP contribution in [0.2, 0.25) is 0 Å². The molecule has 0 radical (unpaired) electrons. The first kappa shape index (κ1) is 32.7. The van der Waals surface area contributed by atoms with Crippen molar-refractivity contribution in [3.8, 4) is 0 Å². The van der Waals surface area contributed by atoms with Gasteiger partial charge >= 0.3 is 23.1 Å². The van der Waals surface area contributed by atoms with Gasteiger partial charge < -0.3 is 19.7 Å². The topological polar surface area (TPSA) is 173 Å². The van der Waals surface area contributed by atoms with E-state index in [4.69, 9.17) is 0 Å². The average molecular weight is 465 g/mol. The molecule has 0 aromatic heterocycles. The van der Waals surface area contributed by atoms with Gasteiger partial charge in [-0.15, -0.1) is 0 Å². The van der Waals surface area contributed by atoms with Crippen LogP contribution in [-0.4, -0.2) is 83.4 Å². The second-order valence-electron chi connectivity index (χ2n) is 7.64. The van der Waals surface area contributed by atoms with Crippen molar-refractivity contribution in [2.24, 2.45) is 0 Å². The Morgan fingerprint density at radius 1 is 0.759 bits per heavy atom. The Morgan fingerprint density at radius 2 is 0.966 bits per heavy atom. The largest absolute Gasteiger partial charge is 2.00 e. The number of rotatable bonds is 8. The van der Waals surface area contributed by atoms with Gasteiger partial charge in [0.15, 0.2) is 0 Å². The zero-order valence-electron chi connectivity index (χ0n) is 17.6. The van der Waals surface area contributed by atoms with Crippen molar-refractivity contribution in [2.75, 3.05) is 11.5 Å². The number of nitrogens with one attached hydrogen (secondary N) is 2. The van der Waals surface area contributed by atoms with Crippen molar-refractivity contribution in [3.63, 3.8) is 0 Å². The third kappa shape index (κ3) is 20.1. The van der Waals surface area contributed by atoms with Crippen LogP contribution in [0.1, 0.15) is 41.5 Å². The Morgan fingerprint density at radius 3 is 1.10 bits per heavy atom. The minimum absolute atomic E-state index is 0. The average Bonchev–Trinajstić information content (AvgIpc) is 2.31. The molecule has 2 N–H and O–H groups in total. The van der Waals surface area contributed by atoms with Gasteiger partial charge in [0.2, 0.25) is 11.8 Å². The summed E-state index contributed by atoms with van der Waals surface area (Å²) in [5.74, 6) is -2.20. The van der Waals surface area contributed by atoms with Gasteiger partial charge in [-0.2, -0.15) is 0 Å².